The smallest absolute Gasteiger partial charge is 0.162 e. The van der Waals surface area contributed by atoms with Gasteiger partial charge in [0.25, 0.3) is 0 Å². The van der Waals surface area contributed by atoms with Crippen molar-refractivity contribution >= 4 is 0 Å². The van der Waals surface area contributed by atoms with Gasteiger partial charge in [-0.15, -0.1) is 0 Å². The van der Waals surface area contributed by atoms with Crippen LogP contribution in [0.5, 0.6) is 0 Å². The SMILES string of the molecule is CCNCc1cc(COC)on1. The maximum Gasteiger partial charge on any atom is 0.162 e. The van der Waals surface area contributed by atoms with Crippen molar-refractivity contribution in [2.45, 2.75) is 20.1 Å². The van der Waals surface area contributed by atoms with E-state index in [1.165, 1.54) is 0 Å². The maximum atomic E-state index is 4.99. The summed E-state index contributed by atoms with van der Waals surface area (Å²) in [5.41, 5.74) is 0.920. The molecule has 0 aromatic carbocycles. The van der Waals surface area contributed by atoms with E-state index in [4.69, 9.17) is 9.26 Å². The molecule has 0 bridgehead atoms. The fourth-order valence-electron chi connectivity index (χ4n) is 0.902. The molecule has 0 spiro atoms. The van der Waals surface area contributed by atoms with Crippen LogP contribution in [0.25, 0.3) is 0 Å². The molecule has 1 rings (SSSR count). The zero-order chi connectivity index (χ0) is 8.81. The Balaban J connectivity index is 2.41. The molecule has 1 aromatic rings. The summed E-state index contributed by atoms with van der Waals surface area (Å²) in [7, 11) is 1.63. The van der Waals surface area contributed by atoms with Crippen molar-refractivity contribution < 1.29 is 9.26 Å². The molecule has 0 aliphatic heterocycles. The van der Waals surface area contributed by atoms with Crippen molar-refractivity contribution in [3.8, 4) is 0 Å². The van der Waals surface area contributed by atoms with Gasteiger partial charge in [-0.1, -0.05) is 12.1 Å². The van der Waals surface area contributed by atoms with Gasteiger partial charge in [-0.2, -0.15) is 0 Å². The molecule has 0 unspecified atom stereocenters. The Kier molecular flexibility index (Phi) is 3.76. The first-order chi connectivity index (χ1) is 5.86. The van der Waals surface area contributed by atoms with E-state index in [1.54, 1.807) is 7.11 Å². The van der Waals surface area contributed by atoms with Gasteiger partial charge in [0.1, 0.15) is 6.61 Å². The van der Waals surface area contributed by atoms with Crippen LogP contribution in [0, 0.1) is 0 Å². The molecule has 0 aliphatic carbocycles. The minimum Gasteiger partial charge on any atom is -0.377 e. The predicted molar refractivity (Wildman–Crippen MR) is 44.6 cm³/mol. The third-order valence-electron chi connectivity index (χ3n) is 1.45. The molecular weight excluding hydrogens is 156 g/mol. The van der Waals surface area contributed by atoms with E-state index in [0.717, 1.165) is 24.5 Å². The molecule has 0 saturated heterocycles. The van der Waals surface area contributed by atoms with Gasteiger partial charge in [-0.3, -0.25) is 0 Å². The number of nitrogens with one attached hydrogen (secondary N) is 1. The lowest BCUT2D eigenvalue weighted by molar-refractivity contribution is 0.155. The highest BCUT2D eigenvalue weighted by Crippen LogP contribution is 2.03. The monoisotopic (exact) mass is 170 g/mol. The van der Waals surface area contributed by atoms with Crippen LogP contribution in [0.4, 0.5) is 0 Å². The summed E-state index contributed by atoms with van der Waals surface area (Å²) in [5, 5.41) is 7.01. The molecule has 0 amide bonds. The molecule has 1 aromatic heterocycles. The minimum atomic E-state index is 0.485. The van der Waals surface area contributed by atoms with Gasteiger partial charge in [0.15, 0.2) is 5.76 Å². The topological polar surface area (TPSA) is 47.3 Å². The maximum absolute atomic E-state index is 4.99. The van der Waals surface area contributed by atoms with Crippen molar-refractivity contribution in [1.82, 2.24) is 10.5 Å². The van der Waals surface area contributed by atoms with Gasteiger partial charge in [0.05, 0.1) is 5.69 Å². The second kappa shape index (κ2) is 4.90. The summed E-state index contributed by atoms with van der Waals surface area (Å²) in [5.74, 6) is 0.769. The molecule has 0 aliphatic rings. The molecule has 4 nitrogen and oxygen atoms in total. The highest BCUT2D eigenvalue weighted by atomic mass is 16.5. The number of hydrogen-bond acceptors (Lipinski definition) is 4. The van der Waals surface area contributed by atoms with Gasteiger partial charge in [-0.25, -0.2) is 0 Å². The van der Waals surface area contributed by atoms with E-state index < -0.39 is 0 Å². The Morgan fingerprint density at radius 1 is 1.67 bits per heavy atom. The second-order valence-electron chi connectivity index (χ2n) is 2.50. The van der Waals surface area contributed by atoms with E-state index in [-0.39, 0.29) is 0 Å². The van der Waals surface area contributed by atoms with Crippen LogP contribution in [0.3, 0.4) is 0 Å². The van der Waals surface area contributed by atoms with Crippen LogP contribution < -0.4 is 5.32 Å². The van der Waals surface area contributed by atoms with Gasteiger partial charge in [-0.05, 0) is 6.54 Å². The third kappa shape index (κ3) is 2.64. The van der Waals surface area contributed by atoms with Crippen LogP contribution in [0.1, 0.15) is 18.4 Å². The van der Waals surface area contributed by atoms with E-state index in [2.05, 4.69) is 17.4 Å². The Labute approximate surface area is 71.9 Å². The third-order valence-corrected chi connectivity index (χ3v) is 1.45. The molecule has 1 heterocycles. The molecule has 4 heteroatoms. The van der Waals surface area contributed by atoms with Crippen molar-refractivity contribution in [3.63, 3.8) is 0 Å². The van der Waals surface area contributed by atoms with Crippen molar-refractivity contribution in [1.29, 1.82) is 0 Å². The quantitative estimate of drug-likeness (QED) is 0.714. The average molecular weight is 170 g/mol. The first-order valence-corrected chi connectivity index (χ1v) is 4.01. The molecule has 12 heavy (non-hydrogen) atoms. The normalized spacial score (nSPS) is 10.5. The molecule has 0 fully saturated rings. The fraction of sp³-hybridized carbons (Fsp3) is 0.625. The first-order valence-electron chi connectivity index (χ1n) is 4.01. The van der Waals surface area contributed by atoms with Crippen molar-refractivity contribution in [2.24, 2.45) is 0 Å². The second-order valence-corrected chi connectivity index (χ2v) is 2.50. The molecule has 0 saturated carbocycles. The minimum absolute atomic E-state index is 0.485. The largest absolute Gasteiger partial charge is 0.377 e. The summed E-state index contributed by atoms with van der Waals surface area (Å²) in [6.45, 7) is 4.23. The molecule has 68 valence electrons. The number of hydrogen-bond donors (Lipinski definition) is 1. The highest BCUT2D eigenvalue weighted by molar-refractivity contribution is 5.03. The number of nitrogens with zero attached hydrogens (tertiary/aromatic N) is 1. The van der Waals surface area contributed by atoms with Gasteiger partial charge < -0.3 is 14.6 Å². The lowest BCUT2D eigenvalue weighted by atomic mass is 10.3. The van der Waals surface area contributed by atoms with Crippen molar-refractivity contribution in [2.75, 3.05) is 13.7 Å². The van der Waals surface area contributed by atoms with Crippen LogP contribution in [0.2, 0.25) is 0 Å². The predicted octanol–water partition coefficient (Wildman–Crippen LogP) is 0.930. The Morgan fingerprint density at radius 3 is 3.17 bits per heavy atom. The van der Waals surface area contributed by atoms with E-state index >= 15 is 0 Å². The summed E-state index contributed by atoms with van der Waals surface area (Å²) in [6.07, 6.45) is 0. The van der Waals surface area contributed by atoms with E-state index in [0.29, 0.717) is 6.61 Å². The van der Waals surface area contributed by atoms with E-state index in [9.17, 15) is 0 Å². The first kappa shape index (κ1) is 9.22. The highest BCUT2D eigenvalue weighted by Gasteiger charge is 2.01. The molecule has 0 radical (unpaired) electrons. The van der Waals surface area contributed by atoms with Crippen LogP contribution >= 0.6 is 0 Å². The Hall–Kier alpha value is -0.870. The Morgan fingerprint density at radius 2 is 2.50 bits per heavy atom. The number of aromatic nitrogens is 1. The van der Waals surface area contributed by atoms with Gasteiger partial charge in [0, 0.05) is 19.7 Å². The van der Waals surface area contributed by atoms with Crippen molar-refractivity contribution in [3.05, 3.63) is 17.5 Å². The lowest BCUT2D eigenvalue weighted by Crippen LogP contribution is -2.11. The van der Waals surface area contributed by atoms with E-state index in [1.807, 2.05) is 6.07 Å². The molecule has 1 N–H and O–H groups in total. The van der Waals surface area contributed by atoms with Crippen LogP contribution in [-0.2, 0) is 17.9 Å². The zero-order valence-corrected chi connectivity index (χ0v) is 7.46. The summed E-state index contributed by atoms with van der Waals surface area (Å²) in [4.78, 5) is 0. The number of rotatable bonds is 5. The lowest BCUT2D eigenvalue weighted by Gasteiger charge is -1.93. The summed E-state index contributed by atoms with van der Waals surface area (Å²) in [6, 6.07) is 1.90. The van der Waals surface area contributed by atoms with Gasteiger partial charge in [0.2, 0.25) is 0 Å². The molecule has 0 atom stereocenters. The van der Waals surface area contributed by atoms with Gasteiger partial charge >= 0.3 is 0 Å². The summed E-state index contributed by atoms with van der Waals surface area (Å²) < 4.78 is 9.88. The Bertz CT molecular complexity index is 223. The standard InChI is InChI=1S/C8H14N2O2/c1-3-9-5-7-4-8(6-11-2)12-10-7/h4,9H,3,5-6H2,1-2H3. The van der Waals surface area contributed by atoms with Crippen LogP contribution in [-0.4, -0.2) is 18.8 Å². The number of ether oxygens (including phenoxy) is 1. The molecular formula is C8H14N2O2. The number of methoxy groups -OCH3 is 1. The zero-order valence-electron chi connectivity index (χ0n) is 7.46. The fourth-order valence-corrected chi connectivity index (χ4v) is 0.902. The van der Waals surface area contributed by atoms with Crippen LogP contribution in [0.15, 0.2) is 10.6 Å². The average Bonchev–Trinajstić information content (AvgIpc) is 2.50. The summed E-state index contributed by atoms with van der Waals surface area (Å²) >= 11 is 0.